The highest BCUT2D eigenvalue weighted by Crippen LogP contribution is 2.34. The average molecular weight is 375 g/mol. The number of urea groups is 1. The van der Waals surface area contributed by atoms with Crippen LogP contribution in [0.25, 0.3) is 10.9 Å². The van der Waals surface area contributed by atoms with Crippen LogP contribution in [0.5, 0.6) is 17.2 Å². The molecule has 0 saturated carbocycles. The number of nitrogens with one attached hydrogen (secondary N) is 2. The zero-order valence-corrected chi connectivity index (χ0v) is 14.9. The molecule has 0 bridgehead atoms. The zero-order valence-electron chi connectivity index (χ0n) is 14.9. The van der Waals surface area contributed by atoms with Crippen molar-refractivity contribution in [3.63, 3.8) is 0 Å². The first-order valence-corrected chi connectivity index (χ1v) is 8.66. The van der Waals surface area contributed by atoms with E-state index in [1.165, 1.54) is 0 Å². The molecule has 0 aliphatic carbocycles. The Morgan fingerprint density at radius 2 is 2.04 bits per heavy atom. The predicted molar refractivity (Wildman–Crippen MR) is 105 cm³/mol. The van der Waals surface area contributed by atoms with Crippen LogP contribution < -0.4 is 24.8 Å². The van der Waals surface area contributed by atoms with Crippen LogP contribution in [0.1, 0.15) is 0 Å². The quantitative estimate of drug-likeness (QED) is 0.685. The molecule has 0 atom stereocenters. The van der Waals surface area contributed by atoms with E-state index in [1.54, 1.807) is 24.4 Å². The van der Waals surface area contributed by atoms with Gasteiger partial charge in [0.2, 0.25) is 6.79 Å². The van der Waals surface area contributed by atoms with Crippen molar-refractivity contribution < 1.29 is 19.0 Å². The number of aromatic nitrogens is 1. The molecule has 1 aliphatic heterocycles. The summed E-state index contributed by atoms with van der Waals surface area (Å²) < 4.78 is 16.1. The third-order valence-electron chi connectivity index (χ3n) is 3.98. The lowest BCUT2D eigenvalue weighted by Gasteiger charge is -2.06. The van der Waals surface area contributed by atoms with Crippen molar-refractivity contribution in [2.45, 2.75) is 0 Å². The fraction of sp³-hybridized carbons (Fsp3) is 0.143. The number of carbonyl (C=O) groups is 1. The molecule has 0 unspecified atom stereocenters. The van der Waals surface area contributed by atoms with Gasteiger partial charge in [0.25, 0.3) is 0 Å². The summed E-state index contributed by atoms with van der Waals surface area (Å²) in [5, 5.41) is 6.43. The number of ether oxygens (including phenoxy) is 3. The van der Waals surface area contributed by atoms with Gasteiger partial charge in [-0.1, -0.05) is 17.9 Å². The van der Waals surface area contributed by atoms with Crippen molar-refractivity contribution in [3.8, 4) is 29.1 Å². The van der Waals surface area contributed by atoms with E-state index in [-0.39, 0.29) is 26.0 Å². The molecule has 3 aromatic rings. The summed E-state index contributed by atoms with van der Waals surface area (Å²) in [4.78, 5) is 16.2. The summed E-state index contributed by atoms with van der Waals surface area (Å²) in [7, 11) is 0. The Hall–Kier alpha value is -3.92. The number of fused-ring (bicyclic) bond motifs is 2. The molecule has 140 valence electrons. The second-order valence-corrected chi connectivity index (χ2v) is 5.88. The summed E-state index contributed by atoms with van der Waals surface area (Å²) in [6, 6.07) is 14.4. The summed E-state index contributed by atoms with van der Waals surface area (Å²) in [6.07, 6.45) is 1.74. The number of nitrogens with zero attached hydrogens (tertiary/aromatic N) is 1. The minimum absolute atomic E-state index is 0.193. The van der Waals surface area contributed by atoms with E-state index < -0.39 is 0 Å². The number of rotatable bonds is 4. The fourth-order valence-electron chi connectivity index (χ4n) is 2.64. The lowest BCUT2D eigenvalue weighted by molar-refractivity contribution is 0.174. The second-order valence-electron chi connectivity index (χ2n) is 5.88. The normalized spacial score (nSPS) is 11.4. The molecule has 7 nitrogen and oxygen atoms in total. The number of anilines is 1. The first kappa shape index (κ1) is 17.5. The second kappa shape index (κ2) is 8.18. The van der Waals surface area contributed by atoms with Gasteiger partial charge in [0, 0.05) is 29.4 Å². The monoisotopic (exact) mass is 375 g/mol. The Balaban J connectivity index is 1.21. The molecule has 2 aromatic carbocycles. The fourth-order valence-corrected chi connectivity index (χ4v) is 2.64. The molecule has 28 heavy (non-hydrogen) atoms. The molecule has 0 fully saturated rings. The van der Waals surface area contributed by atoms with Gasteiger partial charge in [0.15, 0.2) is 11.5 Å². The van der Waals surface area contributed by atoms with Gasteiger partial charge >= 0.3 is 6.03 Å². The maximum atomic E-state index is 11.9. The van der Waals surface area contributed by atoms with Crippen molar-refractivity contribution >= 4 is 22.6 Å². The van der Waals surface area contributed by atoms with Crippen molar-refractivity contribution in [2.75, 3.05) is 25.3 Å². The third kappa shape index (κ3) is 4.24. The molecule has 1 aromatic heterocycles. The van der Waals surface area contributed by atoms with E-state index in [0.29, 0.717) is 22.9 Å². The van der Waals surface area contributed by atoms with Crippen molar-refractivity contribution in [2.24, 2.45) is 0 Å². The summed E-state index contributed by atoms with van der Waals surface area (Å²) in [6.45, 7) is 0.626. The number of pyridine rings is 1. The maximum absolute atomic E-state index is 11.9. The Bertz CT molecular complexity index is 1070. The van der Waals surface area contributed by atoms with Crippen LogP contribution in [0.4, 0.5) is 10.5 Å². The van der Waals surface area contributed by atoms with Gasteiger partial charge in [-0.25, -0.2) is 4.79 Å². The minimum Gasteiger partial charge on any atom is -0.481 e. The summed E-state index contributed by atoms with van der Waals surface area (Å²) in [5.74, 6) is 7.69. The van der Waals surface area contributed by atoms with Gasteiger partial charge in [-0.15, -0.1) is 0 Å². The Morgan fingerprint density at radius 1 is 1.11 bits per heavy atom. The molecule has 2 N–H and O–H groups in total. The van der Waals surface area contributed by atoms with Gasteiger partial charge in [0.1, 0.15) is 12.4 Å². The molecule has 0 spiro atoms. The molecule has 1 aliphatic rings. The van der Waals surface area contributed by atoms with Gasteiger partial charge in [-0.3, -0.25) is 4.98 Å². The topological polar surface area (TPSA) is 81.7 Å². The highest BCUT2D eigenvalue weighted by molar-refractivity contribution is 5.89. The van der Waals surface area contributed by atoms with Crippen LogP contribution in [-0.4, -0.2) is 31.0 Å². The van der Waals surface area contributed by atoms with E-state index in [4.69, 9.17) is 14.2 Å². The highest BCUT2D eigenvalue weighted by Gasteiger charge is 2.13. The van der Waals surface area contributed by atoms with E-state index in [0.717, 1.165) is 10.9 Å². The molecular formula is C21H17N3O4. The Kier molecular flexibility index (Phi) is 5.11. The molecule has 2 amide bonds. The first-order valence-electron chi connectivity index (χ1n) is 8.66. The average Bonchev–Trinajstić information content (AvgIpc) is 3.18. The van der Waals surface area contributed by atoms with Gasteiger partial charge in [0.05, 0.1) is 12.1 Å². The predicted octanol–water partition coefficient (Wildman–Crippen LogP) is 3.17. The van der Waals surface area contributed by atoms with Crippen LogP contribution in [-0.2, 0) is 0 Å². The van der Waals surface area contributed by atoms with Crippen LogP contribution in [0.3, 0.4) is 0 Å². The molecule has 0 saturated heterocycles. The SMILES string of the molecule is O=C(NCC#CCOc1ccc2cccnc2c1)Nc1ccc2c(c1)OCO2. The van der Waals surface area contributed by atoms with E-state index in [9.17, 15) is 4.79 Å². The standard InChI is InChI=1S/C21H17N3O4/c25-21(24-16-6-8-19-20(12-16)28-14-27-19)23-9-1-2-11-26-17-7-5-15-4-3-10-22-18(15)13-17/h3-8,10,12-13H,9,11,14H2,(H2,23,24,25). The van der Waals surface area contributed by atoms with Gasteiger partial charge in [-0.2, -0.15) is 0 Å². The Morgan fingerprint density at radius 3 is 3.00 bits per heavy atom. The number of hydrogen-bond acceptors (Lipinski definition) is 5. The van der Waals surface area contributed by atoms with Crippen LogP contribution in [0.2, 0.25) is 0 Å². The van der Waals surface area contributed by atoms with Crippen LogP contribution in [0, 0.1) is 11.8 Å². The molecule has 4 rings (SSSR count). The van der Waals surface area contributed by atoms with Crippen molar-refractivity contribution in [3.05, 3.63) is 54.7 Å². The maximum Gasteiger partial charge on any atom is 0.319 e. The largest absolute Gasteiger partial charge is 0.481 e. The number of carbonyl (C=O) groups excluding carboxylic acids is 1. The first-order chi connectivity index (χ1) is 13.8. The summed E-state index contributed by atoms with van der Waals surface area (Å²) in [5.41, 5.74) is 1.48. The van der Waals surface area contributed by atoms with Gasteiger partial charge < -0.3 is 24.8 Å². The van der Waals surface area contributed by atoms with Crippen LogP contribution >= 0.6 is 0 Å². The zero-order chi connectivity index (χ0) is 19.2. The number of amides is 2. The highest BCUT2D eigenvalue weighted by atomic mass is 16.7. The Labute approximate surface area is 161 Å². The molecule has 7 heteroatoms. The number of benzene rings is 2. The third-order valence-corrected chi connectivity index (χ3v) is 3.98. The number of hydrogen-bond donors (Lipinski definition) is 2. The van der Waals surface area contributed by atoms with E-state index in [1.807, 2.05) is 30.3 Å². The smallest absolute Gasteiger partial charge is 0.319 e. The molecule has 0 radical (unpaired) electrons. The van der Waals surface area contributed by atoms with E-state index >= 15 is 0 Å². The van der Waals surface area contributed by atoms with Gasteiger partial charge in [-0.05, 0) is 30.3 Å². The molecular weight excluding hydrogens is 358 g/mol. The minimum atomic E-state index is -0.352. The van der Waals surface area contributed by atoms with Crippen molar-refractivity contribution in [1.82, 2.24) is 10.3 Å². The van der Waals surface area contributed by atoms with Crippen molar-refractivity contribution in [1.29, 1.82) is 0 Å². The van der Waals surface area contributed by atoms with Crippen LogP contribution in [0.15, 0.2) is 54.7 Å². The molecule has 2 heterocycles. The summed E-state index contributed by atoms with van der Waals surface area (Å²) >= 11 is 0. The van der Waals surface area contributed by atoms with E-state index in [2.05, 4.69) is 27.5 Å². The lowest BCUT2D eigenvalue weighted by atomic mass is 10.2. The lowest BCUT2D eigenvalue weighted by Crippen LogP contribution is -2.28.